The van der Waals surface area contributed by atoms with Crippen LogP contribution < -0.4 is 25.4 Å². The van der Waals surface area contributed by atoms with Crippen LogP contribution in [-0.4, -0.2) is 38.1 Å². The van der Waals surface area contributed by atoms with E-state index in [9.17, 15) is 9.59 Å². The number of nitrogens with one attached hydrogen (secondary N) is 1. The minimum absolute atomic E-state index is 0.0297. The molecule has 1 aliphatic rings. The van der Waals surface area contributed by atoms with Gasteiger partial charge >= 0.3 is 0 Å². The first kappa shape index (κ1) is 22.2. The number of methoxy groups -OCH3 is 1. The predicted molar refractivity (Wildman–Crippen MR) is 123 cm³/mol. The molecular weight excluding hydrogens is 394 g/mol. The van der Waals surface area contributed by atoms with E-state index in [4.69, 9.17) is 15.2 Å². The van der Waals surface area contributed by atoms with Gasteiger partial charge in [0.1, 0.15) is 0 Å². The van der Waals surface area contributed by atoms with E-state index in [2.05, 4.69) is 10.2 Å². The number of ether oxygens (including phenoxy) is 2. The summed E-state index contributed by atoms with van der Waals surface area (Å²) < 4.78 is 11.1. The van der Waals surface area contributed by atoms with E-state index in [1.807, 2.05) is 38.1 Å². The third-order valence-electron chi connectivity index (χ3n) is 4.96. The maximum Gasteiger partial charge on any atom is 0.248 e. The second-order valence-electron chi connectivity index (χ2n) is 7.69. The fourth-order valence-electron chi connectivity index (χ4n) is 3.51. The second kappa shape index (κ2) is 10.0. The van der Waals surface area contributed by atoms with Gasteiger partial charge in [0.25, 0.3) is 0 Å². The minimum atomic E-state index is -0.533. The van der Waals surface area contributed by atoms with Crippen LogP contribution in [0.2, 0.25) is 0 Å². The van der Waals surface area contributed by atoms with Gasteiger partial charge in [-0.2, -0.15) is 0 Å². The van der Waals surface area contributed by atoms with Crippen molar-refractivity contribution < 1.29 is 19.1 Å². The molecule has 2 amide bonds. The van der Waals surface area contributed by atoms with Gasteiger partial charge in [0.15, 0.2) is 11.5 Å². The molecule has 164 valence electrons. The quantitative estimate of drug-likeness (QED) is 0.630. The number of nitrogens with zero attached hydrogens (tertiary/aromatic N) is 1. The second-order valence-corrected chi connectivity index (χ2v) is 7.69. The molecular formula is C24H29N3O4. The number of rotatable bonds is 8. The molecule has 2 aromatic carbocycles. The molecule has 3 rings (SSSR count). The van der Waals surface area contributed by atoms with Crippen LogP contribution in [0.15, 0.2) is 42.5 Å². The van der Waals surface area contributed by atoms with Crippen LogP contribution in [0.4, 0.5) is 11.4 Å². The topological polar surface area (TPSA) is 93.9 Å². The van der Waals surface area contributed by atoms with Crippen LogP contribution in [-0.2, 0) is 4.79 Å². The standard InChI is InChI=1S/C24H29N3O4/c1-16(2)31-21-10-6-17(14-22(21)30-3)7-11-23(28)26-19-15-18(24(25)29)8-9-20(19)27-12-4-5-13-27/h6-11,14-16H,4-5,12-13H2,1-3H3,(H2,25,29)(H,26,28)/b11-7+. The number of amides is 2. The Hall–Kier alpha value is -3.48. The number of carbonyl (C=O) groups is 2. The molecule has 0 saturated carbocycles. The average molecular weight is 424 g/mol. The Morgan fingerprint density at radius 1 is 1.10 bits per heavy atom. The highest BCUT2D eigenvalue weighted by Gasteiger charge is 2.18. The van der Waals surface area contributed by atoms with E-state index in [1.165, 1.54) is 6.08 Å². The lowest BCUT2D eigenvalue weighted by Gasteiger charge is -2.21. The van der Waals surface area contributed by atoms with Crippen LogP contribution in [0, 0.1) is 0 Å². The van der Waals surface area contributed by atoms with Crippen molar-refractivity contribution >= 4 is 29.3 Å². The van der Waals surface area contributed by atoms with Gasteiger partial charge in [0.05, 0.1) is 24.6 Å². The molecule has 0 radical (unpaired) electrons. The van der Waals surface area contributed by atoms with Crippen molar-refractivity contribution in [1.29, 1.82) is 0 Å². The summed E-state index contributed by atoms with van der Waals surface area (Å²) in [5, 5.41) is 2.89. The molecule has 1 heterocycles. The third-order valence-corrected chi connectivity index (χ3v) is 4.96. The smallest absolute Gasteiger partial charge is 0.248 e. The highest BCUT2D eigenvalue weighted by molar-refractivity contribution is 6.05. The van der Waals surface area contributed by atoms with Crippen LogP contribution in [0.1, 0.15) is 42.6 Å². The molecule has 0 aliphatic carbocycles. The molecule has 0 unspecified atom stereocenters. The van der Waals surface area contributed by atoms with Crippen molar-refractivity contribution in [3.63, 3.8) is 0 Å². The summed E-state index contributed by atoms with van der Waals surface area (Å²) in [5.41, 5.74) is 8.04. The highest BCUT2D eigenvalue weighted by Crippen LogP contribution is 2.31. The van der Waals surface area contributed by atoms with Gasteiger partial charge in [-0.15, -0.1) is 0 Å². The molecule has 7 heteroatoms. The molecule has 1 aliphatic heterocycles. The first-order valence-electron chi connectivity index (χ1n) is 10.4. The number of primary amides is 1. The van der Waals surface area contributed by atoms with Crippen molar-refractivity contribution in [2.75, 3.05) is 30.4 Å². The Kier molecular flexibility index (Phi) is 7.18. The molecule has 0 atom stereocenters. The van der Waals surface area contributed by atoms with Crippen molar-refractivity contribution in [3.05, 3.63) is 53.6 Å². The maximum absolute atomic E-state index is 12.6. The van der Waals surface area contributed by atoms with E-state index in [0.29, 0.717) is 22.7 Å². The van der Waals surface area contributed by atoms with E-state index < -0.39 is 5.91 Å². The zero-order chi connectivity index (χ0) is 22.4. The van der Waals surface area contributed by atoms with E-state index in [1.54, 1.807) is 25.3 Å². The lowest BCUT2D eigenvalue weighted by molar-refractivity contribution is -0.111. The third kappa shape index (κ3) is 5.78. The Morgan fingerprint density at radius 2 is 1.84 bits per heavy atom. The van der Waals surface area contributed by atoms with Gasteiger partial charge in [-0.1, -0.05) is 6.07 Å². The molecule has 0 aromatic heterocycles. The number of anilines is 2. The Morgan fingerprint density at radius 3 is 2.48 bits per heavy atom. The van der Waals surface area contributed by atoms with Gasteiger partial charge in [0, 0.05) is 24.7 Å². The average Bonchev–Trinajstić information content (AvgIpc) is 3.27. The van der Waals surface area contributed by atoms with Gasteiger partial charge in [-0.3, -0.25) is 9.59 Å². The fourth-order valence-corrected chi connectivity index (χ4v) is 3.51. The Labute approximate surface area is 182 Å². The van der Waals surface area contributed by atoms with Crippen LogP contribution in [0.3, 0.4) is 0 Å². The predicted octanol–water partition coefficient (Wildman–Crippen LogP) is 3.83. The summed E-state index contributed by atoms with van der Waals surface area (Å²) in [6, 6.07) is 10.6. The first-order chi connectivity index (χ1) is 14.9. The van der Waals surface area contributed by atoms with Crippen LogP contribution >= 0.6 is 0 Å². The first-order valence-corrected chi connectivity index (χ1v) is 10.4. The molecule has 3 N–H and O–H groups in total. The number of benzene rings is 2. The molecule has 0 bridgehead atoms. The minimum Gasteiger partial charge on any atom is -0.493 e. The molecule has 7 nitrogen and oxygen atoms in total. The van der Waals surface area contributed by atoms with Crippen molar-refractivity contribution in [1.82, 2.24) is 0 Å². The normalized spacial score (nSPS) is 13.6. The summed E-state index contributed by atoms with van der Waals surface area (Å²) in [4.78, 5) is 26.4. The number of hydrogen-bond acceptors (Lipinski definition) is 5. The van der Waals surface area contributed by atoms with Gasteiger partial charge in [-0.25, -0.2) is 0 Å². The largest absolute Gasteiger partial charge is 0.493 e. The molecule has 0 spiro atoms. The lowest BCUT2D eigenvalue weighted by Crippen LogP contribution is -2.21. The van der Waals surface area contributed by atoms with E-state index >= 15 is 0 Å². The van der Waals surface area contributed by atoms with Gasteiger partial charge in [-0.05, 0) is 68.7 Å². The summed E-state index contributed by atoms with van der Waals surface area (Å²) in [6.45, 7) is 5.72. The van der Waals surface area contributed by atoms with Gasteiger partial charge in [0.2, 0.25) is 11.8 Å². The van der Waals surface area contributed by atoms with Crippen molar-refractivity contribution in [2.45, 2.75) is 32.8 Å². The van der Waals surface area contributed by atoms with Crippen molar-refractivity contribution in [3.8, 4) is 11.5 Å². The zero-order valence-electron chi connectivity index (χ0n) is 18.2. The SMILES string of the molecule is COc1cc(/C=C/C(=O)Nc2cc(C(N)=O)ccc2N2CCCC2)ccc1OC(C)C. The summed E-state index contributed by atoms with van der Waals surface area (Å²) in [6.07, 6.45) is 5.38. The van der Waals surface area contributed by atoms with Gasteiger partial charge < -0.3 is 25.4 Å². The Balaban J connectivity index is 1.77. The Bertz CT molecular complexity index is 979. The summed E-state index contributed by atoms with van der Waals surface area (Å²) in [7, 11) is 1.58. The summed E-state index contributed by atoms with van der Waals surface area (Å²) >= 11 is 0. The molecule has 1 fully saturated rings. The van der Waals surface area contributed by atoms with Crippen molar-refractivity contribution in [2.24, 2.45) is 5.73 Å². The van der Waals surface area contributed by atoms with Crippen LogP contribution in [0.5, 0.6) is 11.5 Å². The lowest BCUT2D eigenvalue weighted by atomic mass is 10.1. The zero-order valence-corrected chi connectivity index (χ0v) is 18.2. The monoisotopic (exact) mass is 423 g/mol. The maximum atomic E-state index is 12.6. The molecule has 31 heavy (non-hydrogen) atoms. The fraction of sp³-hybridized carbons (Fsp3) is 0.333. The highest BCUT2D eigenvalue weighted by atomic mass is 16.5. The molecule has 2 aromatic rings. The van der Waals surface area contributed by atoms with E-state index in [-0.39, 0.29) is 12.0 Å². The van der Waals surface area contributed by atoms with E-state index in [0.717, 1.165) is 37.2 Å². The number of nitrogens with two attached hydrogens (primary N) is 1. The number of carbonyl (C=O) groups excluding carboxylic acids is 2. The number of hydrogen-bond donors (Lipinski definition) is 2. The van der Waals surface area contributed by atoms with Crippen LogP contribution in [0.25, 0.3) is 6.08 Å². The molecule has 1 saturated heterocycles. The summed E-state index contributed by atoms with van der Waals surface area (Å²) in [5.74, 6) is 0.415.